The van der Waals surface area contributed by atoms with Gasteiger partial charge in [0.15, 0.2) is 0 Å². The van der Waals surface area contributed by atoms with E-state index >= 15 is 0 Å². The Bertz CT molecular complexity index is 300. The van der Waals surface area contributed by atoms with Crippen molar-refractivity contribution in [2.75, 3.05) is 23.5 Å². The van der Waals surface area contributed by atoms with Crippen LogP contribution in [0.2, 0.25) is 0 Å². The van der Waals surface area contributed by atoms with E-state index in [0.717, 1.165) is 12.7 Å². The second kappa shape index (κ2) is 6.60. The van der Waals surface area contributed by atoms with Gasteiger partial charge in [-0.05, 0) is 5.92 Å². The Morgan fingerprint density at radius 3 is 2.33 bits per heavy atom. The average Bonchev–Trinajstić information content (AvgIpc) is 2.12. The second-order valence-corrected chi connectivity index (χ2v) is 7.87. The number of rotatable bonds is 7. The summed E-state index contributed by atoms with van der Waals surface area (Å²) in [6.45, 7) is 4.04. The summed E-state index contributed by atoms with van der Waals surface area (Å²) in [6.07, 6.45) is 2.10. The van der Waals surface area contributed by atoms with Crippen molar-refractivity contribution in [3.63, 3.8) is 0 Å². The second-order valence-electron chi connectivity index (χ2n) is 3.99. The van der Waals surface area contributed by atoms with Crippen molar-refractivity contribution in [1.82, 2.24) is 0 Å². The largest absolute Gasteiger partial charge is 0.327 e. The van der Waals surface area contributed by atoms with E-state index in [1.807, 2.05) is 13.8 Å². The van der Waals surface area contributed by atoms with E-state index in [2.05, 4.69) is 0 Å². The third-order valence-corrected chi connectivity index (χ3v) is 5.06. The van der Waals surface area contributed by atoms with E-state index in [9.17, 15) is 12.6 Å². The quantitative estimate of drug-likeness (QED) is 0.702. The van der Waals surface area contributed by atoms with Crippen molar-refractivity contribution in [3.05, 3.63) is 0 Å². The molecule has 0 spiro atoms. The smallest absolute Gasteiger partial charge is 0.148 e. The standard InChI is InChI=1S/C9H21NO3S2/c1-4-8(2)9(10)7-14(11)5-6-15(3,12)13/h8-9H,4-7,10H2,1-3H3. The fourth-order valence-corrected chi connectivity index (χ4v) is 3.89. The molecule has 4 nitrogen and oxygen atoms in total. The highest BCUT2D eigenvalue weighted by Gasteiger charge is 2.15. The molecule has 0 aromatic carbocycles. The van der Waals surface area contributed by atoms with Gasteiger partial charge in [0.05, 0.1) is 5.75 Å². The lowest BCUT2D eigenvalue weighted by Gasteiger charge is -2.17. The minimum absolute atomic E-state index is 0.0210. The van der Waals surface area contributed by atoms with Gasteiger partial charge < -0.3 is 5.73 Å². The van der Waals surface area contributed by atoms with E-state index in [-0.39, 0.29) is 17.5 Å². The summed E-state index contributed by atoms with van der Waals surface area (Å²) in [5.41, 5.74) is 5.83. The lowest BCUT2D eigenvalue weighted by Crippen LogP contribution is -2.34. The fourth-order valence-electron chi connectivity index (χ4n) is 1.01. The third-order valence-electron chi connectivity index (χ3n) is 2.43. The highest BCUT2D eigenvalue weighted by atomic mass is 32.2. The summed E-state index contributed by atoms with van der Waals surface area (Å²) in [6, 6.07) is -0.101. The van der Waals surface area contributed by atoms with Crippen LogP contribution in [0.1, 0.15) is 20.3 Å². The molecule has 0 radical (unpaired) electrons. The van der Waals surface area contributed by atoms with Crippen LogP contribution in [-0.4, -0.2) is 42.2 Å². The molecule has 0 aromatic heterocycles. The molecule has 0 amide bonds. The van der Waals surface area contributed by atoms with Gasteiger partial charge in [-0.1, -0.05) is 20.3 Å². The predicted octanol–water partition coefficient (Wildman–Crippen LogP) is 0.153. The first-order valence-corrected chi connectivity index (χ1v) is 8.59. The Labute approximate surface area is 95.0 Å². The highest BCUT2D eigenvalue weighted by Crippen LogP contribution is 2.06. The number of nitrogens with two attached hydrogens (primary N) is 1. The van der Waals surface area contributed by atoms with Gasteiger partial charge in [-0.25, -0.2) is 8.42 Å². The Hall–Kier alpha value is 0.0600. The predicted molar refractivity (Wildman–Crippen MR) is 65.0 cm³/mol. The minimum Gasteiger partial charge on any atom is -0.327 e. The van der Waals surface area contributed by atoms with Gasteiger partial charge in [0, 0.05) is 34.6 Å². The number of hydrogen-bond acceptors (Lipinski definition) is 4. The zero-order valence-electron chi connectivity index (χ0n) is 9.60. The first-order valence-electron chi connectivity index (χ1n) is 5.04. The summed E-state index contributed by atoms with van der Waals surface area (Å²) in [4.78, 5) is 0. The maximum atomic E-state index is 11.5. The monoisotopic (exact) mass is 255 g/mol. The molecule has 2 N–H and O–H groups in total. The van der Waals surface area contributed by atoms with Crippen LogP contribution >= 0.6 is 0 Å². The average molecular weight is 255 g/mol. The van der Waals surface area contributed by atoms with Crippen LogP contribution in [0.5, 0.6) is 0 Å². The topological polar surface area (TPSA) is 77.2 Å². The van der Waals surface area contributed by atoms with Crippen molar-refractivity contribution in [3.8, 4) is 0 Å². The molecule has 0 aliphatic heterocycles. The fraction of sp³-hybridized carbons (Fsp3) is 1.00. The van der Waals surface area contributed by atoms with Gasteiger partial charge in [0.25, 0.3) is 0 Å². The van der Waals surface area contributed by atoms with E-state index < -0.39 is 20.6 Å². The van der Waals surface area contributed by atoms with E-state index in [1.165, 1.54) is 0 Å². The Morgan fingerprint density at radius 2 is 1.93 bits per heavy atom. The molecule has 0 aliphatic rings. The molecule has 0 saturated carbocycles. The van der Waals surface area contributed by atoms with Gasteiger partial charge in [-0.15, -0.1) is 0 Å². The van der Waals surface area contributed by atoms with Crippen molar-refractivity contribution >= 4 is 20.6 Å². The maximum Gasteiger partial charge on any atom is 0.148 e. The normalized spacial score (nSPS) is 18.4. The van der Waals surface area contributed by atoms with Crippen LogP contribution in [0.3, 0.4) is 0 Å². The molecule has 0 heterocycles. The van der Waals surface area contributed by atoms with Crippen molar-refractivity contribution in [2.45, 2.75) is 26.3 Å². The van der Waals surface area contributed by atoms with Crippen LogP contribution in [-0.2, 0) is 20.6 Å². The first kappa shape index (κ1) is 15.1. The van der Waals surface area contributed by atoms with Gasteiger partial charge >= 0.3 is 0 Å². The highest BCUT2D eigenvalue weighted by molar-refractivity contribution is 7.92. The Morgan fingerprint density at radius 1 is 1.40 bits per heavy atom. The lowest BCUT2D eigenvalue weighted by molar-refractivity contribution is 0.472. The molecule has 0 fully saturated rings. The number of sulfone groups is 1. The molecule has 0 rings (SSSR count). The lowest BCUT2D eigenvalue weighted by atomic mass is 10.0. The van der Waals surface area contributed by atoms with E-state index in [0.29, 0.717) is 11.7 Å². The summed E-state index contributed by atoms with van der Waals surface area (Å²) < 4.78 is 33.2. The molecular weight excluding hydrogens is 234 g/mol. The molecular formula is C9H21NO3S2. The summed E-state index contributed by atoms with van der Waals surface area (Å²) in [7, 11) is -4.14. The van der Waals surface area contributed by atoms with Crippen LogP contribution in [0.4, 0.5) is 0 Å². The molecule has 92 valence electrons. The summed E-state index contributed by atoms with van der Waals surface area (Å²) in [5.74, 6) is 0.896. The molecule has 3 atom stereocenters. The molecule has 0 bridgehead atoms. The third kappa shape index (κ3) is 7.93. The summed E-state index contributed by atoms with van der Waals surface area (Å²) >= 11 is 0. The SMILES string of the molecule is CCC(C)C(N)CS(=O)CCS(C)(=O)=O. The molecule has 0 aromatic rings. The minimum atomic E-state index is -3.01. The van der Waals surface area contributed by atoms with Crippen LogP contribution in [0.15, 0.2) is 0 Å². The van der Waals surface area contributed by atoms with Crippen LogP contribution < -0.4 is 5.73 Å². The molecule has 3 unspecified atom stereocenters. The Kier molecular flexibility index (Phi) is 6.63. The number of hydrogen-bond donors (Lipinski definition) is 1. The first-order chi connectivity index (χ1) is 6.76. The summed E-state index contributed by atoms with van der Waals surface area (Å²) in [5, 5.41) is 0. The Balaban J connectivity index is 3.94. The van der Waals surface area contributed by atoms with Crippen molar-refractivity contribution in [1.29, 1.82) is 0 Å². The molecule has 15 heavy (non-hydrogen) atoms. The van der Waals surface area contributed by atoms with Gasteiger partial charge in [-0.2, -0.15) is 0 Å². The zero-order valence-corrected chi connectivity index (χ0v) is 11.2. The van der Waals surface area contributed by atoms with Gasteiger partial charge in [-0.3, -0.25) is 4.21 Å². The molecule has 6 heteroatoms. The van der Waals surface area contributed by atoms with Gasteiger partial charge in [0.1, 0.15) is 9.84 Å². The van der Waals surface area contributed by atoms with Crippen molar-refractivity contribution < 1.29 is 12.6 Å². The zero-order chi connectivity index (χ0) is 12.1. The van der Waals surface area contributed by atoms with Crippen molar-refractivity contribution in [2.24, 2.45) is 11.7 Å². The maximum absolute atomic E-state index is 11.5. The van der Waals surface area contributed by atoms with E-state index in [1.54, 1.807) is 0 Å². The van der Waals surface area contributed by atoms with E-state index in [4.69, 9.17) is 5.73 Å². The molecule has 0 aliphatic carbocycles. The molecule has 0 saturated heterocycles. The van der Waals surface area contributed by atoms with Crippen LogP contribution in [0.25, 0.3) is 0 Å². The van der Waals surface area contributed by atoms with Gasteiger partial charge in [0.2, 0.25) is 0 Å². The van der Waals surface area contributed by atoms with Crippen LogP contribution in [0, 0.1) is 5.92 Å².